The molecule has 0 unspecified atom stereocenters. The normalized spacial score (nSPS) is 11.4. The van der Waals surface area contributed by atoms with Crippen LogP contribution in [0.4, 0.5) is 10.1 Å². The lowest BCUT2D eigenvalue weighted by molar-refractivity contribution is 0.102. The number of nitrogens with zero attached hydrogens (tertiary/aromatic N) is 1. The predicted molar refractivity (Wildman–Crippen MR) is 88.2 cm³/mol. The Balaban J connectivity index is 2.40. The van der Waals surface area contributed by atoms with Crippen LogP contribution in [0.3, 0.4) is 0 Å². The van der Waals surface area contributed by atoms with Crippen LogP contribution in [0.2, 0.25) is 0 Å². The van der Waals surface area contributed by atoms with Gasteiger partial charge in [-0.1, -0.05) is 12.1 Å². The van der Waals surface area contributed by atoms with Crippen molar-refractivity contribution >= 4 is 21.6 Å². The number of hydrogen-bond acceptors (Lipinski definition) is 4. The number of nitrogens with one attached hydrogen (secondary N) is 1. The third-order valence-electron chi connectivity index (χ3n) is 3.30. The lowest BCUT2D eigenvalue weighted by Gasteiger charge is -2.16. The second-order valence-electron chi connectivity index (χ2n) is 5.09. The van der Waals surface area contributed by atoms with Crippen molar-refractivity contribution < 1.29 is 22.3 Å². The van der Waals surface area contributed by atoms with Crippen molar-refractivity contribution in [2.45, 2.75) is 4.90 Å². The van der Waals surface area contributed by atoms with Crippen molar-refractivity contribution in [3.05, 3.63) is 53.8 Å². The number of ether oxygens (including phenoxy) is 1. The summed E-state index contributed by atoms with van der Waals surface area (Å²) >= 11 is 0. The largest absolute Gasteiger partial charge is 0.495 e. The zero-order valence-electron chi connectivity index (χ0n) is 13.4. The van der Waals surface area contributed by atoms with Gasteiger partial charge in [0.2, 0.25) is 10.0 Å². The molecule has 1 N–H and O–H groups in total. The van der Waals surface area contributed by atoms with E-state index >= 15 is 0 Å². The summed E-state index contributed by atoms with van der Waals surface area (Å²) in [5.41, 5.74) is 0.0785. The molecule has 0 heterocycles. The van der Waals surface area contributed by atoms with Crippen molar-refractivity contribution in [1.29, 1.82) is 0 Å². The average molecular weight is 352 g/mol. The molecule has 2 aromatic carbocycles. The SMILES string of the molecule is COc1ccc(NC(=O)c2ccccc2F)cc1S(=O)(=O)N(C)C. The summed E-state index contributed by atoms with van der Waals surface area (Å²) in [6, 6.07) is 9.69. The fraction of sp³-hybridized carbons (Fsp3) is 0.188. The Kier molecular flexibility index (Phi) is 5.20. The van der Waals surface area contributed by atoms with Gasteiger partial charge >= 0.3 is 0 Å². The van der Waals surface area contributed by atoms with E-state index in [1.807, 2.05) is 0 Å². The molecule has 0 aliphatic heterocycles. The molecule has 2 rings (SSSR count). The summed E-state index contributed by atoms with van der Waals surface area (Å²) in [5.74, 6) is -1.19. The van der Waals surface area contributed by atoms with E-state index < -0.39 is 21.7 Å². The van der Waals surface area contributed by atoms with Crippen LogP contribution in [-0.2, 0) is 10.0 Å². The van der Waals surface area contributed by atoms with Crippen molar-refractivity contribution in [3.63, 3.8) is 0 Å². The highest BCUT2D eigenvalue weighted by atomic mass is 32.2. The number of benzene rings is 2. The van der Waals surface area contributed by atoms with Gasteiger partial charge in [0.25, 0.3) is 5.91 Å². The van der Waals surface area contributed by atoms with E-state index in [0.29, 0.717) is 0 Å². The van der Waals surface area contributed by atoms with Gasteiger partial charge in [0.05, 0.1) is 12.7 Å². The lowest BCUT2D eigenvalue weighted by atomic mass is 10.2. The second kappa shape index (κ2) is 6.98. The van der Waals surface area contributed by atoms with Crippen LogP contribution < -0.4 is 10.1 Å². The van der Waals surface area contributed by atoms with Gasteiger partial charge in [0, 0.05) is 19.8 Å². The highest BCUT2D eigenvalue weighted by Crippen LogP contribution is 2.29. The second-order valence-corrected chi connectivity index (χ2v) is 7.21. The van der Waals surface area contributed by atoms with Crippen molar-refractivity contribution in [3.8, 4) is 5.75 Å². The molecular weight excluding hydrogens is 335 g/mol. The average Bonchev–Trinajstić information content (AvgIpc) is 2.54. The molecule has 0 aliphatic carbocycles. The number of anilines is 1. The third-order valence-corrected chi connectivity index (χ3v) is 5.13. The summed E-state index contributed by atoms with van der Waals surface area (Å²) in [7, 11) is 0.358. The number of carbonyl (C=O) groups excluding carboxylic acids is 1. The Morgan fingerprint density at radius 2 is 1.83 bits per heavy atom. The highest BCUT2D eigenvalue weighted by molar-refractivity contribution is 7.89. The van der Waals surface area contributed by atoms with E-state index in [1.54, 1.807) is 0 Å². The Morgan fingerprint density at radius 3 is 2.42 bits per heavy atom. The number of hydrogen-bond donors (Lipinski definition) is 1. The first-order valence-corrected chi connectivity index (χ1v) is 8.38. The Hall–Kier alpha value is -2.45. The van der Waals surface area contributed by atoms with Crippen LogP contribution in [0.5, 0.6) is 5.75 Å². The molecule has 0 atom stereocenters. The number of rotatable bonds is 5. The molecule has 0 saturated heterocycles. The van der Waals surface area contributed by atoms with Crippen molar-refractivity contribution in [2.75, 3.05) is 26.5 Å². The van der Waals surface area contributed by atoms with Gasteiger partial charge in [0.1, 0.15) is 16.5 Å². The minimum Gasteiger partial charge on any atom is -0.495 e. The molecule has 24 heavy (non-hydrogen) atoms. The third kappa shape index (κ3) is 3.55. The number of carbonyl (C=O) groups is 1. The van der Waals surface area contributed by atoms with Gasteiger partial charge < -0.3 is 10.1 Å². The molecule has 0 radical (unpaired) electrons. The molecule has 0 aliphatic rings. The summed E-state index contributed by atoms with van der Waals surface area (Å²) < 4.78 is 44.4. The van der Waals surface area contributed by atoms with Gasteiger partial charge in [-0.25, -0.2) is 17.1 Å². The Morgan fingerprint density at radius 1 is 1.17 bits per heavy atom. The Labute approximate surface area is 139 Å². The molecular formula is C16H17FN2O4S. The van der Waals surface area contributed by atoms with Crippen molar-refractivity contribution in [2.24, 2.45) is 0 Å². The van der Waals surface area contributed by atoms with Crippen LogP contribution >= 0.6 is 0 Å². The van der Waals surface area contributed by atoms with Gasteiger partial charge in [0.15, 0.2) is 0 Å². The topological polar surface area (TPSA) is 75.7 Å². The molecule has 0 bridgehead atoms. The van der Waals surface area contributed by atoms with E-state index in [2.05, 4.69) is 5.32 Å². The van der Waals surface area contributed by atoms with E-state index in [0.717, 1.165) is 4.31 Å². The molecule has 0 spiro atoms. The van der Waals surface area contributed by atoms with Gasteiger partial charge in [-0.3, -0.25) is 4.79 Å². The van der Waals surface area contributed by atoms with E-state index in [4.69, 9.17) is 4.74 Å². The quantitative estimate of drug-likeness (QED) is 0.896. The van der Waals surface area contributed by atoms with Gasteiger partial charge in [-0.05, 0) is 30.3 Å². The lowest BCUT2D eigenvalue weighted by Crippen LogP contribution is -2.23. The van der Waals surface area contributed by atoms with E-state index in [1.165, 1.54) is 63.7 Å². The molecule has 6 nitrogen and oxygen atoms in total. The maximum Gasteiger partial charge on any atom is 0.258 e. The van der Waals surface area contributed by atoms with Crippen LogP contribution in [0, 0.1) is 5.82 Å². The first-order chi connectivity index (χ1) is 11.3. The number of sulfonamides is 1. The monoisotopic (exact) mass is 352 g/mol. The van der Waals surface area contributed by atoms with Gasteiger partial charge in [-0.15, -0.1) is 0 Å². The number of amides is 1. The number of methoxy groups -OCH3 is 1. The van der Waals surface area contributed by atoms with Crippen LogP contribution in [-0.4, -0.2) is 39.8 Å². The first kappa shape index (κ1) is 17.9. The summed E-state index contributed by atoms with van der Waals surface area (Å²) in [6.07, 6.45) is 0. The zero-order chi connectivity index (χ0) is 17.9. The molecule has 8 heteroatoms. The standard InChI is InChI=1S/C16H17FN2O4S/c1-19(2)24(21,22)15-10-11(8-9-14(15)23-3)18-16(20)12-6-4-5-7-13(12)17/h4-10H,1-3H3,(H,18,20). The molecule has 0 aromatic heterocycles. The molecule has 0 fully saturated rings. The number of halogens is 1. The fourth-order valence-electron chi connectivity index (χ4n) is 2.00. The first-order valence-electron chi connectivity index (χ1n) is 6.94. The van der Waals surface area contributed by atoms with Crippen LogP contribution in [0.15, 0.2) is 47.4 Å². The highest BCUT2D eigenvalue weighted by Gasteiger charge is 2.23. The van der Waals surface area contributed by atoms with E-state index in [-0.39, 0.29) is 21.9 Å². The zero-order valence-corrected chi connectivity index (χ0v) is 14.2. The molecule has 0 saturated carbocycles. The van der Waals surface area contributed by atoms with Crippen LogP contribution in [0.25, 0.3) is 0 Å². The van der Waals surface area contributed by atoms with Gasteiger partial charge in [-0.2, -0.15) is 0 Å². The maximum atomic E-state index is 13.7. The predicted octanol–water partition coefficient (Wildman–Crippen LogP) is 2.34. The molecule has 128 valence electrons. The Bertz CT molecular complexity index is 866. The smallest absolute Gasteiger partial charge is 0.258 e. The molecule has 1 amide bonds. The van der Waals surface area contributed by atoms with Crippen molar-refractivity contribution in [1.82, 2.24) is 4.31 Å². The summed E-state index contributed by atoms with van der Waals surface area (Å²) in [6.45, 7) is 0. The van der Waals surface area contributed by atoms with E-state index in [9.17, 15) is 17.6 Å². The minimum absolute atomic E-state index is 0.0960. The fourth-order valence-corrected chi connectivity index (χ4v) is 3.07. The minimum atomic E-state index is -3.77. The molecule has 2 aromatic rings. The van der Waals surface area contributed by atoms with Crippen LogP contribution in [0.1, 0.15) is 10.4 Å². The maximum absolute atomic E-state index is 13.7. The summed E-state index contributed by atoms with van der Waals surface area (Å²) in [5, 5.41) is 2.48. The summed E-state index contributed by atoms with van der Waals surface area (Å²) in [4.78, 5) is 12.0.